The number of allylic oxidation sites excluding steroid dienone is 10. The Hall–Kier alpha value is -2.29. The standard InChI is InChI=1S/C50H90NO8P/c1-6-8-10-12-14-16-18-20-22-24-25-27-28-30-32-34-36-38-40-42-49(52)56-46-48(47-58-60(54,55)57-45-44-51(3,4)5)59-50(53)43-41-39-37-35-33-31-29-26-23-21-19-17-15-13-11-9-7-2/h14,16,20-23,29,31,35,37,48H,6-13,15,17-19,24-28,30,32-34,36,38-47H2,1-5H3/p+1/b16-14-,22-20-,23-21-,31-29-,37-35-/t48-/m1/s1. The molecular formula is C50H91NO8P+. The molecule has 10 heteroatoms. The van der Waals surface area contributed by atoms with Gasteiger partial charge in [0, 0.05) is 12.8 Å². The first kappa shape index (κ1) is 57.7. The summed E-state index contributed by atoms with van der Waals surface area (Å²) in [4.78, 5) is 35.4. The average molecular weight is 865 g/mol. The molecular weight excluding hydrogens is 774 g/mol. The molecule has 0 aliphatic heterocycles. The van der Waals surface area contributed by atoms with Crippen LogP contribution >= 0.6 is 7.82 Å². The number of phosphoric ester groups is 1. The van der Waals surface area contributed by atoms with Gasteiger partial charge in [-0.1, -0.05) is 164 Å². The van der Waals surface area contributed by atoms with Crippen molar-refractivity contribution in [1.82, 2.24) is 0 Å². The van der Waals surface area contributed by atoms with Gasteiger partial charge < -0.3 is 18.9 Å². The van der Waals surface area contributed by atoms with E-state index in [0.29, 0.717) is 17.4 Å². The van der Waals surface area contributed by atoms with Crippen molar-refractivity contribution < 1.29 is 42.1 Å². The maximum Gasteiger partial charge on any atom is 0.472 e. The number of quaternary nitrogens is 1. The number of phosphoric acid groups is 1. The molecule has 0 spiro atoms. The fourth-order valence-corrected chi connectivity index (χ4v) is 6.98. The summed E-state index contributed by atoms with van der Waals surface area (Å²) in [7, 11) is 1.44. The summed E-state index contributed by atoms with van der Waals surface area (Å²) in [5.74, 6) is -0.865. The molecule has 1 unspecified atom stereocenters. The number of nitrogens with zero attached hydrogens (tertiary/aromatic N) is 1. The molecule has 0 aromatic rings. The average Bonchev–Trinajstić information content (AvgIpc) is 3.20. The Kier molecular flexibility index (Phi) is 40.4. The van der Waals surface area contributed by atoms with Gasteiger partial charge in [0.05, 0.1) is 27.7 Å². The largest absolute Gasteiger partial charge is 0.472 e. The minimum atomic E-state index is -4.39. The van der Waals surface area contributed by atoms with Crippen LogP contribution in [0.2, 0.25) is 0 Å². The second-order valence-corrected chi connectivity index (χ2v) is 18.6. The zero-order chi connectivity index (χ0) is 44.3. The SMILES string of the molecule is CCCCC/C=C\C/C=C\CCCCCCCCCCCC(=O)OC[C@H](COP(=O)(O)OCC[N+](C)(C)C)OC(=O)CCC/C=C\C/C=C\C/C=C\CCCCCCCC. The van der Waals surface area contributed by atoms with Crippen LogP contribution in [0.3, 0.4) is 0 Å². The smallest absolute Gasteiger partial charge is 0.462 e. The number of unbranched alkanes of at least 4 members (excludes halogenated alkanes) is 19. The number of carbonyl (C=O) groups is 2. The molecule has 0 amide bonds. The molecule has 60 heavy (non-hydrogen) atoms. The monoisotopic (exact) mass is 865 g/mol. The predicted octanol–water partition coefficient (Wildman–Crippen LogP) is 14.0. The van der Waals surface area contributed by atoms with Gasteiger partial charge in [-0.2, -0.15) is 0 Å². The summed E-state index contributed by atoms with van der Waals surface area (Å²) in [5, 5.41) is 0. The third kappa shape index (κ3) is 45.2. The minimum Gasteiger partial charge on any atom is -0.462 e. The number of hydrogen-bond donors (Lipinski definition) is 1. The van der Waals surface area contributed by atoms with E-state index in [-0.39, 0.29) is 32.0 Å². The zero-order valence-corrected chi connectivity index (χ0v) is 40.1. The molecule has 0 aromatic carbocycles. The topological polar surface area (TPSA) is 108 Å². The van der Waals surface area contributed by atoms with E-state index in [2.05, 4.69) is 74.6 Å². The number of likely N-dealkylation sites (N-methyl/N-ethyl adjacent to an activating group) is 1. The first-order chi connectivity index (χ1) is 29.0. The van der Waals surface area contributed by atoms with Gasteiger partial charge in [-0.15, -0.1) is 0 Å². The Morgan fingerprint density at radius 3 is 1.42 bits per heavy atom. The van der Waals surface area contributed by atoms with E-state index in [0.717, 1.165) is 64.2 Å². The number of rotatable bonds is 43. The van der Waals surface area contributed by atoms with Crippen molar-refractivity contribution in [2.45, 2.75) is 200 Å². The Labute approximate surface area is 368 Å². The van der Waals surface area contributed by atoms with Gasteiger partial charge in [0.25, 0.3) is 0 Å². The highest BCUT2D eigenvalue weighted by molar-refractivity contribution is 7.47. The molecule has 0 radical (unpaired) electrons. The molecule has 0 aliphatic carbocycles. The molecule has 2 atom stereocenters. The van der Waals surface area contributed by atoms with Crippen molar-refractivity contribution in [3.63, 3.8) is 0 Å². The van der Waals surface area contributed by atoms with Gasteiger partial charge in [-0.25, -0.2) is 4.57 Å². The van der Waals surface area contributed by atoms with Crippen LogP contribution in [0.15, 0.2) is 60.8 Å². The van der Waals surface area contributed by atoms with E-state index >= 15 is 0 Å². The quantitative estimate of drug-likeness (QED) is 0.0212. The summed E-state index contributed by atoms with van der Waals surface area (Å²) in [6, 6.07) is 0. The molecule has 0 heterocycles. The molecule has 0 fully saturated rings. The summed E-state index contributed by atoms with van der Waals surface area (Å²) < 4.78 is 34.3. The van der Waals surface area contributed by atoms with Crippen molar-refractivity contribution in [3.05, 3.63) is 60.8 Å². The van der Waals surface area contributed by atoms with Gasteiger partial charge >= 0.3 is 19.8 Å². The molecule has 0 rings (SSSR count). The van der Waals surface area contributed by atoms with Crippen molar-refractivity contribution in [2.24, 2.45) is 0 Å². The normalized spacial score (nSPS) is 14.0. The molecule has 0 saturated heterocycles. The first-order valence-electron chi connectivity index (χ1n) is 24.0. The van der Waals surface area contributed by atoms with Crippen LogP contribution in [-0.2, 0) is 32.7 Å². The van der Waals surface area contributed by atoms with E-state index in [1.165, 1.54) is 96.3 Å². The zero-order valence-electron chi connectivity index (χ0n) is 39.2. The summed E-state index contributed by atoms with van der Waals surface area (Å²) in [6.45, 7) is 4.33. The van der Waals surface area contributed by atoms with Crippen LogP contribution in [0.5, 0.6) is 0 Å². The highest BCUT2D eigenvalue weighted by Crippen LogP contribution is 2.43. The van der Waals surface area contributed by atoms with Crippen LogP contribution in [0.4, 0.5) is 0 Å². The second kappa shape index (κ2) is 42.0. The van der Waals surface area contributed by atoms with Gasteiger partial charge in [-0.05, 0) is 77.0 Å². The lowest BCUT2D eigenvalue weighted by Gasteiger charge is -2.24. The van der Waals surface area contributed by atoms with Crippen LogP contribution in [-0.4, -0.2) is 74.9 Å². The molecule has 0 aromatic heterocycles. The molecule has 9 nitrogen and oxygen atoms in total. The predicted molar refractivity (Wildman–Crippen MR) is 252 cm³/mol. The number of hydrogen-bond acceptors (Lipinski definition) is 7. The van der Waals surface area contributed by atoms with Crippen LogP contribution in [0.25, 0.3) is 0 Å². The van der Waals surface area contributed by atoms with Gasteiger partial charge in [0.1, 0.15) is 19.8 Å². The second-order valence-electron chi connectivity index (χ2n) is 17.1. The van der Waals surface area contributed by atoms with Crippen molar-refractivity contribution in [1.29, 1.82) is 0 Å². The van der Waals surface area contributed by atoms with Crippen LogP contribution in [0.1, 0.15) is 194 Å². The molecule has 0 bridgehead atoms. The summed E-state index contributed by atoms with van der Waals surface area (Å²) >= 11 is 0. The lowest BCUT2D eigenvalue weighted by Crippen LogP contribution is -2.37. The minimum absolute atomic E-state index is 0.0198. The molecule has 1 N–H and O–H groups in total. The molecule has 348 valence electrons. The third-order valence-electron chi connectivity index (χ3n) is 10.0. The van der Waals surface area contributed by atoms with Gasteiger partial charge in [-0.3, -0.25) is 18.6 Å². The first-order valence-corrected chi connectivity index (χ1v) is 25.5. The Bertz CT molecular complexity index is 1210. The van der Waals surface area contributed by atoms with Crippen molar-refractivity contribution >= 4 is 19.8 Å². The van der Waals surface area contributed by atoms with E-state index in [9.17, 15) is 19.0 Å². The van der Waals surface area contributed by atoms with E-state index in [4.69, 9.17) is 18.5 Å². The molecule has 0 saturated carbocycles. The van der Waals surface area contributed by atoms with Crippen LogP contribution in [0, 0.1) is 0 Å². The third-order valence-corrected chi connectivity index (χ3v) is 11.0. The van der Waals surface area contributed by atoms with Crippen LogP contribution < -0.4 is 0 Å². The number of carbonyl (C=O) groups excluding carboxylic acids is 2. The Morgan fingerprint density at radius 1 is 0.517 bits per heavy atom. The van der Waals surface area contributed by atoms with Crippen molar-refractivity contribution in [3.8, 4) is 0 Å². The van der Waals surface area contributed by atoms with Gasteiger partial charge in [0.2, 0.25) is 0 Å². The Balaban J connectivity index is 4.39. The van der Waals surface area contributed by atoms with Crippen molar-refractivity contribution in [2.75, 3.05) is 47.5 Å². The lowest BCUT2D eigenvalue weighted by atomic mass is 10.1. The Morgan fingerprint density at radius 2 is 0.917 bits per heavy atom. The lowest BCUT2D eigenvalue weighted by molar-refractivity contribution is -0.870. The maximum absolute atomic E-state index is 12.7. The van der Waals surface area contributed by atoms with E-state index in [1.807, 2.05) is 21.1 Å². The van der Waals surface area contributed by atoms with Gasteiger partial charge in [0.15, 0.2) is 6.10 Å². The fourth-order valence-electron chi connectivity index (χ4n) is 6.24. The number of esters is 2. The maximum atomic E-state index is 12.7. The highest BCUT2D eigenvalue weighted by Gasteiger charge is 2.27. The highest BCUT2D eigenvalue weighted by atomic mass is 31.2. The van der Waals surface area contributed by atoms with E-state index < -0.39 is 26.5 Å². The molecule has 0 aliphatic rings. The summed E-state index contributed by atoms with van der Waals surface area (Å²) in [6.07, 6.45) is 51.3. The fraction of sp³-hybridized carbons (Fsp3) is 0.760. The number of ether oxygens (including phenoxy) is 2. The summed E-state index contributed by atoms with van der Waals surface area (Å²) in [5.41, 5.74) is 0. The van der Waals surface area contributed by atoms with E-state index in [1.54, 1.807) is 0 Å².